The highest BCUT2D eigenvalue weighted by Crippen LogP contribution is 2.31. The predicted octanol–water partition coefficient (Wildman–Crippen LogP) is 2.31. The molecule has 1 saturated carbocycles. The smallest absolute Gasteiger partial charge is 0.276 e. The molecule has 1 aliphatic carbocycles. The first-order valence-corrected chi connectivity index (χ1v) is 7.19. The number of carbonyl (C=O) groups excluding carboxylic acids is 1. The van der Waals surface area contributed by atoms with Gasteiger partial charge in [-0.05, 0) is 55.8 Å². The van der Waals surface area contributed by atoms with Crippen LogP contribution in [0.5, 0.6) is 5.75 Å². The molecule has 1 aliphatic heterocycles. The van der Waals surface area contributed by atoms with Gasteiger partial charge in [0, 0.05) is 6.04 Å². The number of thiocarbonyl (C=S) groups is 1. The van der Waals surface area contributed by atoms with E-state index in [1.54, 1.807) is 4.90 Å². The molecule has 1 saturated heterocycles. The topological polar surface area (TPSA) is 41.6 Å². The molecular weight excluding hydrogens is 272 g/mol. The summed E-state index contributed by atoms with van der Waals surface area (Å²) in [5.74, 6) is 0.807. The third-order valence-electron chi connectivity index (χ3n) is 3.32. The Hall–Kier alpha value is -1.88. The molecular formula is C15H16N2O2S. The maximum atomic E-state index is 12.3. The first-order chi connectivity index (χ1) is 9.69. The van der Waals surface area contributed by atoms with Crippen molar-refractivity contribution < 1.29 is 9.53 Å². The summed E-state index contributed by atoms with van der Waals surface area (Å²) < 4.78 is 5.39. The molecule has 2 fully saturated rings. The summed E-state index contributed by atoms with van der Waals surface area (Å²) in [4.78, 5) is 13.9. The molecule has 0 aromatic heterocycles. The Morgan fingerprint density at radius 1 is 1.40 bits per heavy atom. The van der Waals surface area contributed by atoms with Gasteiger partial charge in [-0.2, -0.15) is 0 Å². The zero-order valence-corrected chi connectivity index (χ0v) is 12.1. The molecule has 0 bridgehead atoms. The summed E-state index contributed by atoms with van der Waals surface area (Å²) in [6.07, 6.45) is 3.92. The Morgan fingerprint density at radius 2 is 2.10 bits per heavy atom. The maximum absolute atomic E-state index is 12.3. The summed E-state index contributed by atoms with van der Waals surface area (Å²) >= 11 is 5.22. The van der Waals surface area contributed by atoms with E-state index in [2.05, 4.69) is 5.32 Å². The van der Waals surface area contributed by atoms with Crippen molar-refractivity contribution in [3.05, 3.63) is 35.5 Å². The third kappa shape index (κ3) is 2.54. The fraction of sp³-hybridized carbons (Fsp3) is 0.333. The van der Waals surface area contributed by atoms with Crippen LogP contribution in [0.2, 0.25) is 0 Å². The fourth-order valence-corrected chi connectivity index (χ4v) is 2.55. The Morgan fingerprint density at radius 3 is 2.70 bits per heavy atom. The molecule has 1 aromatic rings. The van der Waals surface area contributed by atoms with Crippen molar-refractivity contribution in [1.82, 2.24) is 10.2 Å². The summed E-state index contributed by atoms with van der Waals surface area (Å²) in [5.41, 5.74) is 1.50. The Labute approximate surface area is 123 Å². The lowest BCUT2D eigenvalue weighted by Crippen LogP contribution is -2.32. The number of hydrogen-bond donors (Lipinski definition) is 1. The minimum atomic E-state index is -0.0219. The Bertz CT molecular complexity index is 576. The summed E-state index contributed by atoms with van der Waals surface area (Å²) in [5, 5.41) is 3.52. The van der Waals surface area contributed by atoms with Crippen LogP contribution in [0.3, 0.4) is 0 Å². The van der Waals surface area contributed by atoms with E-state index >= 15 is 0 Å². The van der Waals surface area contributed by atoms with Crippen molar-refractivity contribution in [3.63, 3.8) is 0 Å². The van der Waals surface area contributed by atoms with E-state index in [1.807, 2.05) is 37.3 Å². The maximum Gasteiger partial charge on any atom is 0.276 e. The van der Waals surface area contributed by atoms with Crippen LogP contribution in [0.25, 0.3) is 6.08 Å². The lowest BCUT2D eigenvalue weighted by Gasteiger charge is -2.11. The Balaban J connectivity index is 1.78. The third-order valence-corrected chi connectivity index (χ3v) is 3.62. The highest BCUT2D eigenvalue weighted by Gasteiger charge is 2.41. The van der Waals surface area contributed by atoms with Crippen LogP contribution in [0, 0.1) is 0 Å². The van der Waals surface area contributed by atoms with Gasteiger partial charge in [0.2, 0.25) is 0 Å². The molecule has 4 nitrogen and oxygen atoms in total. The van der Waals surface area contributed by atoms with Gasteiger partial charge >= 0.3 is 0 Å². The van der Waals surface area contributed by atoms with Gasteiger partial charge in [0.1, 0.15) is 11.4 Å². The minimum Gasteiger partial charge on any atom is -0.494 e. The molecule has 1 N–H and O–H groups in total. The number of benzene rings is 1. The standard InChI is InChI=1S/C15H16N2O2S/c1-2-19-12-7-3-10(4-8-12)9-13-14(18)17(11-5-6-11)15(20)16-13/h3-4,7-9,11H,2,5-6H2,1H3,(H,16,20)/b13-9+. The number of nitrogens with zero attached hydrogens (tertiary/aromatic N) is 1. The summed E-state index contributed by atoms with van der Waals surface area (Å²) in [7, 11) is 0. The molecule has 0 atom stereocenters. The molecule has 20 heavy (non-hydrogen) atoms. The SMILES string of the molecule is CCOc1ccc(/C=C2/NC(=S)N(C3CC3)C2=O)cc1. The van der Waals surface area contributed by atoms with Crippen molar-refractivity contribution in [3.8, 4) is 5.75 Å². The summed E-state index contributed by atoms with van der Waals surface area (Å²) in [6, 6.07) is 7.94. The average Bonchev–Trinajstić information content (AvgIpc) is 3.21. The van der Waals surface area contributed by atoms with Crippen LogP contribution >= 0.6 is 12.2 Å². The monoisotopic (exact) mass is 288 g/mol. The highest BCUT2D eigenvalue weighted by molar-refractivity contribution is 7.80. The minimum absolute atomic E-state index is 0.0219. The molecule has 2 aliphatic rings. The quantitative estimate of drug-likeness (QED) is 0.682. The molecule has 0 unspecified atom stereocenters. The molecule has 1 amide bonds. The van der Waals surface area contributed by atoms with Crippen LogP contribution in [-0.4, -0.2) is 28.6 Å². The number of rotatable bonds is 4. The van der Waals surface area contributed by atoms with E-state index in [0.717, 1.165) is 24.2 Å². The van der Waals surface area contributed by atoms with Gasteiger partial charge in [-0.3, -0.25) is 9.69 Å². The zero-order valence-electron chi connectivity index (χ0n) is 11.3. The van der Waals surface area contributed by atoms with Gasteiger partial charge in [0.15, 0.2) is 5.11 Å². The van der Waals surface area contributed by atoms with Crippen molar-refractivity contribution in [2.24, 2.45) is 0 Å². The second-order valence-corrected chi connectivity index (χ2v) is 5.28. The normalized spacial score (nSPS) is 20.4. The van der Waals surface area contributed by atoms with Gasteiger partial charge in [0.05, 0.1) is 6.61 Å². The van der Waals surface area contributed by atoms with Crippen molar-refractivity contribution in [2.45, 2.75) is 25.8 Å². The van der Waals surface area contributed by atoms with E-state index in [9.17, 15) is 4.79 Å². The summed E-state index contributed by atoms with van der Waals surface area (Å²) in [6.45, 7) is 2.59. The number of carbonyl (C=O) groups is 1. The molecule has 0 radical (unpaired) electrons. The lowest BCUT2D eigenvalue weighted by molar-refractivity contribution is -0.122. The van der Waals surface area contributed by atoms with Gasteiger partial charge in [0.25, 0.3) is 5.91 Å². The zero-order chi connectivity index (χ0) is 14.1. The highest BCUT2D eigenvalue weighted by atomic mass is 32.1. The Kier molecular flexibility index (Phi) is 3.44. The van der Waals surface area contributed by atoms with E-state index in [1.165, 1.54) is 0 Å². The van der Waals surface area contributed by atoms with Crippen LogP contribution < -0.4 is 10.1 Å². The van der Waals surface area contributed by atoms with Crippen molar-refractivity contribution >= 4 is 29.3 Å². The average molecular weight is 288 g/mol. The number of hydrogen-bond acceptors (Lipinski definition) is 3. The van der Waals surface area contributed by atoms with Gasteiger partial charge < -0.3 is 10.1 Å². The molecule has 1 aromatic carbocycles. The first-order valence-electron chi connectivity index (χ1n) is 6.78. The van der Waals surface area contributed by atoms with E-state index < -0.39 is 0 Å². The molecule has 1 heterocycles. The largest absolute Gasteiger partial charge is 0.494 e. The van der Waals surface area contributed by atoms with Crippen LogP contribution in [0.15, 0.2) is 30.0 Å². The van der Waals surface area contributed by atoms with Crippen LogP contribution in [-0.2, 0) is 4.79 Å². The second kappa shape index (κ2) is 5.25. The fourth-order valence-electron chi connectivity index (χ4n) is 2.21. The van der Waals surface area contributed by atoms with Crippen molar-refractivity contribution in [2.75, 3.05) is 6.61 Å². The van der Waals surface area contributed by atoms with Crippen LogP contribution in [0.1, 0.15) is 25.3 Å². The van der Waals surface area contributed by atoms with Gasteiger partial charge in [-0.15, -0.1) is 0 Å². The van der Waals surface area contributed by atoms with Gasteiger partial charge in [-0.1, -0.05) is 12.1 Å². The molecule has 0 spiro atoms. The molecule has 5 heteroatoms. The van der Waals surface area contributed by atoms with Crippen LogP contribution in [0.4, 0.5) is 0 Å². The molecule has 3 rings (SSSR count). The van der Waals surface area contributed by atoms with Gasteiger partial charge in [-0.25, -0.2) is 0 Å². The number of ether oxygens (including phenoxy) is 1. The molecule has 104 valence electrons. The second-order valence-electron chi connectivity index (χ2n) is 4.90. The first kappa shape index (κ1) is 13.1. The lowest BCUT2D eigenvalue weighted by atomic mass is 10.2. The van der Waals surface area contributed by atoms with Crippen molar-refractivity contribution in [1.29, 1.82) is 0 Å². The van der Waals surface area contributed by atoms with E-state index in [-0.39, 0.29) is 5.91 Å². The number of nitrogens with one attached hydrogen (secondary N) is 1. The number of amides is 1. The predicted molar refractivity (Wildman–Crippen MR) is 81.2 cm³/mol. The van der Waals surface area contributed by atoms with E-state index in [0.29, 0.717) is 23.5 Å². The van der Waals surface area contributed by atoms with E-state index in [4.69, 9.17) is 17.0 Å².